The number of benzene rings is 1. The molecular weight excluding hydrogens is 178 g/mol. The van der Waals surface area contributed by atoms with Crippen molar-refractivity contribution in [3.63, 3.8) is 0 Å². The van der Waals surface area contributed by atoms with Crippen molar-refractivity contribution in [3.8, 4) is 5.69 Å². The van der Waals surface area contributed by atoms with Crippen LogP contribution in [0.5, 0.6) is 0 Å². The van der Waals surface area contributed by atoms with Crippen molar-refractivity contribution in [2.75, 3.05) is 5.32 Å². The third kappa shape index (κ3) is 1.64. The van der Waals surface area contributed by atoms with Crippen LogP contribution in [0.3, 0.4) is 0 Å². The summed E-state index contributed by atoms with van der Waals surface area (Å²) in [6.45, 7) is 0. The van der Waals surface area contributed by atoms with Gasteiger partial charge in [-0.05, 0) is 30.3 Å². The van der Waals surface area contributed by atoms with Crippen molar-refractivity contribution < 1.29 is 4.79 Å². The highest BCUT2D eigenvalue weighted by atomic mass is 16.1. The number of carbonyl (C=O) groups is 1. The number of hydrogen-bond acceptors (Lipinski definition) is 2. The molecule has 0 atom stereocenters. The molecule has 1 aromatic heterocycles. The smallest absolute Gasteiger partial charge is 0.211 e. The summed E-state index contributed by atoms with van der Waals surface area (Å²) in [4.78, 5) is 10.2. The molecule has 0 saturated carbocycles. The molecule has 0 aliphatic carbocycles. The van der Waals surface area contributed by atoms with E-state index in [0.29, 0.717) is 6.41 Å². The zero-order valence-corrected chi connectivity index (χ0v) is 7.42. The molecule has 1 N–H and O–H groups in total. The zero-order valence-electron chi connectivity index (χ0n) is 7.42. The number of nitrogens with one attached hydrogen (secondary N) is 1. The molecule has 0 unspecified atom stereocenters. The summed E-state index contributed by atoms with van der Waals surface area (Å²) in [5.74, 6) is 0. The van der Waals surface area contributed by atoms with Gasteiger partial charge in [-0.3, -0.25) is 4.79 Å². The lowest BCUT2D eigenvalue weighted by Crippen LogP contribution is -1.96. The molecule has 0 bridgehead atoms. The van der Waals surface area contributed by atoms with Gasteiger partial charge in [-0.15, -0.1) is 0 Å². The Labute approximate surface area is 81.2 Å². The first kappa shape index (κ1) is 8.50. The second kappa shape index (κ2) is 3.74. The standard InChI is InChI=1S/C10H9N3O/c14-8-11-9-2-4-10(5-3-9)13-7-1-6-12-13/h1-8H,(H,11,14). The van der Waals surface area contributed by atoms with Crippen LogP contribution in [0.4, 0.5) is 5.69 Å². The second-order valence-corrected chi connectivity index (χ2v) is 2.76. The zero-order chi connectivity index (χ0) is 9.80. The summed E-state index contributed by atoms with van der Waals surface area (Å²) in [5, 5.41) is 6.66. The fourth-order valence-corrected chi connectivity index (χ4v) is 1.20. The highest BCUT2D eigenvalue weighted by molar-refractivity contribution is 5.71. The summed E-state index contributed by atoms with van der Waals surface area (Å²) in [5.41, 5.74) is 1.74. The van der Waals surface area contributed by atoms with Gasteiger partial charge in [0.1, 0.15) is 0 Å². The first-order chi connectivity index (χ1) is 6.90. The van der Waals surface area contributed by atoms with E-state index in [1.807, 2.05) is 36.5 Å². The summed E-state index contributed by atoms with van der Waals surface area (Å²) >= 11 is 0. The van der Waals surface area contributed by atoms with E-state index in [4.69, 9.17) is 0 Å². The Bertz CT molecular complexity index is 405. The van der Waals surface area contributed by atoms with E-state index in [9.17, 15) is 4.79 Å². The topological polar surface area (TPSA) is 46.9 Å². The summed E-state index contributed by atoms with van der Waals surface area (Å²) < 4.78 is 1.75. The second-order valence-electron chi connectivity index (χ2n) is 2.76. The number of aromatic nitrogens is 2. The maximum atomic E-state index is 10.2. The Morgan fingerprint density at radius 1 is 1.29 bits per heavy atom. The maximum absolute atomic E-state index is 10.2. The number of rotatable bonds is 3. The number of nitrogens with zero attached hydrogens (tertiary/aromatic N) is 2. The predicted octanol–water partition coefficient (Wildman–Crippen LogP) is 1.44. The molecule has 0 spiro atoms. The Morgan fingerprint density at radius 2 is 2.07 bits per heavy atom. The molecule has 1 amide bonds. The van der Waals surface area contributed by atoms with Gasteiger partial charge in [0.2, 0.25) is 6.41 Å². The minimum absolute atomic E-state index is 0.656. The monoisotopic (exact) mass is 187 g/mol. The van der Waals surface area contributed by atoms with Gasteiger partial charge in [-0.2, -0.15) is 5.10 Å². The normalized spacial score (nSPS) is 9.71. The Balaban J connectivity index is 2.26. The molecule has 70 valence electrons. The Morgan fingerprint density at radius 3 is 2.64 bits per heavy atom. The molecule has 1 heterocycles. The Kier molecular flexibility index (Phi) is 2.27. The van der Waals surface area contributed by atoms with Crippen LogP contribution in [-0.4, -0.2) is 16.2 Å². The van der Waals surface area contributed by atoms with E-state index >= 15 is 0 Å². The minimum Gasteiger partial charge on any atom is -0.329 e. The molecule has 0 fully saturated rings. The van der Waals surface area contributed by atoms with Crippen molar-refractivity contribution in [2.45, 2.75) is 0 Å². The van der Waals surface area contributed by atoms with E-state index < -0.39 is 0 Å². The van der Waals surface area contributed by atoms with E-state index in [1.165, 1.54) is 0 Å². The van der Waals surface area contributed by atoms with Crippen LogP contribution in [0.15, 0.2) is 42.7 Å². The molecule has 2 aromatic rings. The van der Waals surface area contributed by atoms with Gasteiger partial charge >= 0.3 is 0 Å². The van der Waals surface area contributed by atoms with Gasteiger partial charge < -0.3 is 5.32 Å². The maximum Gasteiger partial charge on any atom is 0.211 e. The molecule has 0 aliphatic heterocycles. The van der Waals surface area contributed by atoms with Crippen LogP contribution in [0, 0.1) is 0 Å². The van der Waals surface area contributed by atoms with E-state index in [-0.39, 0.29) is 0 Å². The van der Waals surface area contributed by atoms with Crippen molar-refractivity contribution in [1.29, 1.82) is 0 Å². The van der Waals surface area contributed by atoms with Gasteiger partial charge in [0.05, 0.1) is 5.69 Å². The van der Waals surface area contributed by atoms with Crippen LogP contribution < -0.4 is 5.32 Å². The molecule has 4 heteroatoms. The van der Waals surface area contributed by atoms with Crippen LogP contribution in [0.25, 0.3) is 5.69 Å². The average Bonchev–Trinajstić information content (AvgIpc) is 2.72. The fraction of sp³-hybridized carbons (Fsp3) is 0. The third-order valence-electron chi connectivity index (χ3n) is 1.86. The van der Waals surface area contributed by atoms with Crippen molar-refractivity contribution >= 4 is 12.1 Å². The quantitative estimate of drug-likeness (QED) is 0.739. The SMILES string of the molecule is O=CNc1ccc(-n2cccn2)cc1. The largest absolute Gasteiger partial charge is 0.329 e. The summed E-state index contributed by atoms with van der Waals surface area (Å²) in [6, 6.07) is 9.28. The van der Waals surface area contributed by atoms with Crippen molar-refractivity contribution in [1.82, 2.24) is 9.78 Å². The lowest BCUT2D eigenvalue weighted by atomic mass is 10.3. The molecule has 14 heavy (non-hydrogen) atoms. The van der Waals surface area contributed by atoms with Crippen molar-refractivity contribution in [2.24, 2.45) is 0 Å². The molecule has 0 saturated heterocycles. The first-order valence-electron chi connectivity index (χ1n) is 4.20. The van der Waals surface area contributed by atoms with E-state index in [0.717, 1.165) is 11.4 Å². The number of carbonyl (C=O) groups excluding carboxylic acids is 1. The van der Waals surface area contributed by atoms with Gasteiger partial charge in [-0.1, -0.05) is 0 Å². The fourth-order valence-electron chi connectivity index (χ4n) is 1.20. The third-order valence-corrected chi connectivity index (χ3v) is 1.86. The van der Waals surface area contributed by atoms with E-state index in [2.05, 4.69) is 10.4 Å². The lowest BCUT2D eigenvalue weighted by Gasteiger charge is -2.02. The van der Waals surface area contributed by atoms with Crippen LogP contribution in [0.2, 0.25) is 0 Å². The van der Waals surface area contributed by atoms with Gasteiger partial charge in [-0.25, -0.2) is 4.68 Å². The average molecular weight is 187 g/mol. The minimum atomic E-state index is 0.656. The Hall–Kier alpha value is -2.10. The van der Waals surface area contributed by atoms with Crippen molar-refractivity contribution in [3.05, 3.63) is 42.7 Å². The van der Waals surface area contributed by atoms with Crippen LogP contribution in [0.1, 0.15) is 0 Å². The molecule has 4 nitrogen and oxygen atoms in total. The number of hydrogen-bond donors (Lipinski definition) is 1. The predicted molar refractivity (Wildman–Crippen MR) is 53.3 cm³/mol. The van der Waals surface area contributed by atoms with Gasteiger partial charge in [0.15, 0.2) is 0 Å². The molecule has 0 aliphatic rings. The molecule has 1 aromatic carbocycles. The lowest BCUT2D eigenvalue weighted by molar-refractivity contribution is -0.105. The van der Waals surface area contributed by atoms with E-state index in [1.54, 1.807) is 10.9 Å². The first-order valence-corrected chi connectivity index (χ1v) is 4.20. The summed E-state index contributed by atoms with van der Waals surface area (Å²) in [7, 11) is 0. The molecule has 2 rings (SSSR count). The highest BCUT2D eigenvalue weighted by Crippen LogP contribution is 2.11. The molecular formula is C10H9N3O. The van der Waals surface area contributed by atoms with Gasteiger partial charge in [0.25, 0.3) is 0 Å². The number of anilines is 1. The van der Waals surface area contributed by atoms with Crippen LogP contribution >= 0.6 is 0 Å². The van der Waals surface area contributed by atoms with Crippen LogP contribution in [-0.2, 0) is 4.79 Å². The van der Waals surface area contributed by atoms with Gasteiger partial charge in [0, 0.05) is 18.1 Å². The molecule has 0 radical (unpaired) electrons. The highest BCUT2D eigenvalue weighted by Gasteiger charge is 1.95. The summed E-state index contributed by atoms with van der Waals surface area (Å²) in [6.07, 6.45) is 4.24. The number of amides is 1.